The maximum absolute atomic E-state index is 16.2. The molecule has 39 heavy (non-hydrogen) atoms. The molecule has 2 N–H and O–H groups in total. The number of nitrogens with two attached hydrogens (primary N) is 1. The van der Waals surface area contributed by atoms with E-state index in [0.29, 0.717) is 13.1 Å². The summed E-state index contributed by atoms with van der Waals surface area (Å²) < 4.78 is 73.9. The Morgan fingerprint density at radius 2 is 2.00 bits per heavy atom. The number of hydrogen-bond donors (Lipinski definition) is 1. The van der Waals surface area contributed by atoms with Gasteiger partial charge >= 0.3 is 6.18 Å². The van der Waals surface area contributed by atoms with Gasteiger partial charge in [0, 0.05) is 42.1 Å². The zero-order valence-corrected chi connectivity index (χ0v) is 21.3. The summed E-state index contributed by atoms with van der Waals surface area (Å²) in [4.78, 5) is 27.9. The zero-order chi connectivity index (χ0) is 27.9. The Morgan fingerprint density at radius 1 is 1.26 bits per heavy atom. The van der Waals surface area contributed by atoms with E-state index in [-0.39, 0.29) is 55.0 Å². The van der Waals surface area contributed by atoms with Gasteiger partial charge in [-0.1, -0.05) is 17.9 Å². The number of nitrogen functional groups attached to an aromatic ring is 1. The van der Waals surface area contributed by atoms with Crippen molar-refractivity contribution in [3.63, 3.8) is 0 Å². The number of alkyl halides is 3. The molecule has 1 aliphatic heterocycles. The molecule has 7 nitrogen and oxygen atoms in total. The van der Waals surface area contributed by atoms with Crippen molar-refractivity contribution < 1.29 is 26.7 Å². The number of halogens is 5. The molecule has 1 saturated carbocycles. The molecule has 0 bridgehead atoms. The number of likely N-dealkylation sites (N-methyl/N-ethyl adjacent to an activating group) is 1. The van der Waals surface area contributed by atoms with Gasteiger partial charge in [-0.25, -0.2) is 23.7 Å². The molecule has 202 valence electrons. The molecule has 0 radical (unpaired) electrons. The molecule has 1 amide bonds. The van der Waals surface area contributed by atoms with E-state index in [1.54, 1.807) is 16.8 Å². The van der Waals surface area contributed by atoms with Crippen molar-refractivity contribution in [2.24, 2.45) is 5.41 Å². The quantitative estimate of drug-likeness (QED) is 0.266. The van der Waals surface area contributed by atoms with Gasteiger partial charge in [-0.05, 0) is 37.1 Å². The average molecular weight is 561 g/mol. The lowest BCUT2D eigenvalue weighted by Gasteiger charge is -2.30. The molecular formula is C26H21F5N6OS. The molecule has 1 unspecified atom stereocenters. The van der Waals surface area contributed by atoms with Crippen molar-refractivity contribution in [1.29, 1.82) is 0 Å². The third-order valence-electron chi connectivity index (χ3n) is 7.72. The molecule has 2 aromatic carbocycles. The van der Waals surface area contributed by atoms with Gasteiger partial charge in [0.2, 0.25) is 5.91 Å². The highest BCUT2D eigenvalue weighted by Crippen LogP contribution is 2.55. The van der Waals surface area contributed by atoms with Crippen LogP contribution >= 0.6 is 11.3 Å². The Morgan fingerprint density at radius 3 is 2.67 bits per heavy atom. The van der Waals surface area contributed by atoms with Crippen LogP contribution in [0.3, 0.4) is 0 Å². The van der Waals surface area contributed by atoms with E-state index in [1.165, 1.54) is 6.08 Å². The number of anilines is 2. The van der Waals surface area contributed by atoms with E-state index >= 15 is 4.39 Å². The van der Waals surface area contributed by atoms with Gasteiger partial charge in [0.15, 0.2) is 10.9 Å². The lowest BCUT2D eigenvalue weighted by molar-refractivity contribution is -0.137. The number of thiazole rings is 1. The molecule has 2 aliphatic rings. The van der Waals surface area contributed by atoms with Gasteiger partial charge in [-0.15, -0.1) is 0 Å². The normalized spacial score (nSPS) is 18.3. The molecule has 1 saturated heterocycles. The summed E-state index contributed by atoms with van der Waals surface area (Å²) in [6.07, 6.45) is -0.967. The van der Waals surface area contributed by atoms with Gasteiger partial charge in [0.05, 0.1) is 21.8 Å². The minimum atomic E-state index is -4.98. The maximum Gasteiger partial charge on any atom is 0.417 e. The van der Waals surface area contributed by atoms with Crippen molar-refractivity contribution in [3.05, 3.63) is 54.4 Å². The second-order valence-corrected chi connectivity index (χ2v) is 11.0. The van der Waals surface area contributed by atoms with E-state index in [2.05, 4.69) is 21.5 Å². The SMILES string of the molecule is C=CC(=O)N1CC(N(C)c2ncnc3c(F)c(-c4ccc(F)c5sc(N)nc45)c(C(F)(F)F)cc23)C2(CC2)C1. The summed E-state index contributed by atoms with van der Waals surface area (Å²) in [5, 5.41) is -0.194. The third-order valence-corrected chi connectivity index (χ3v) is 8.61. The first-order valence-corrected chi connectivity index (χ1v) is 12.8. The van der Waals surface area contributed by atoms with Crippen LogP contribution in [0.1, 0.15) is 18.4 Å². The molecule has 1 atom stereocenters. The Bertz CT molecular complexity index is 1680. The smallest absolute Gasteiger partial charge is 0.375 e. The van der Waals surface area contributed by atoms with Crippen molar-refractivity contribution in [3.8, 4) is 11.1 Å². The number of hydrogen-bond acceptors (Lipinski definition) is 7. The highest BCUT2D eigenvalue weighted by atomic mass is 32.1. The largest absolute Gasteiger partial charge is 0.417 e. The summed E-state index contributed by atoms with van der Waals surface area (Å²) in [6, 6.07) is 2.60. The van der Waals surface area contributed by atoms with Crippen molar-refractivity contribution in [2.45, 2.75) is 25.1 Å². The van der Waals surface area contributed by atoms with E-state index in [4.69, 9.17) is 5.73 Å². The summed E-state index contributed by atoms with van der Waals surface area (Å²) in [5.41, 5.74) is 2.69. The molecule has 2 aromatic heterocycles. The van der Waals surface area contributed by atoms with Gasteiger partial charge in [-0.3, -0.25) is 4.79 Å². The highest BCUT2D eigenvalue weighted by Gasteiger charge is 2.57. The number of likely N-dealkylation sites (tertiary alicyclic amines) is 1. The number of benzene rings is 2. The molecule has 6 rings (SSSR count). The number of aromatic nitrogens is 3. The number of nitrogens with zero attached hydrogens (tertiary/aromatic N) is 5. The van der Waals surface area contributed by atoms with Crippen LogP contribution in [0.4, 0.5) is 32.9 Å². The second kappa shape index (κ2) is 8.57. The van der Waals surface area contributed by atoms with Gasteiger partial charge in [0.1, 0.15) is 23.5 Å². The second-order valence-electron chi connectivity index (χ2n) is 9.94. The summed E-state index contributed by atoms with van der Waals surface area (Å²) >= 11 is 0.762. The van der Waals surface area contributed by atoms with E-state index in [1.807, 2.05) is 0 Å². The van der Waals surface area contributed by atoms with Gasteiger partial charge in [-0.2, -0.15) is 13.2 Å². The number of fused-ring (bicyclic) bond motifs is 2. The maximum atomic E-state index is 16.2. The minimum Gasteiger partial charge on any atom is -0.375 e. The van der Waals surface area contributed by atoms with Crippen molar-refractivity contribution in [2.75, 3.05) is 30.8 Å². The predicted octanol–water partition coefficient (Wildman–Crippen LogP) is 5.40. The standard InChI is InChI=1S/C26H21F5N6OS/c1-3-17(38)37-9-16(25(10-37)6-7-25)36(2)23-13-8-14(26(29,30)31)18(19(28)20(13)33-11-34-23)12-4-5-15(27)22-21(12)35-24(32)39-22/h3-5,8,11,16H,1,6-7,9-10H2,2H3,(H2,32,35). The number of amides is 1. The monoisotopic (exact) mass is 560 g/mol. The highest BCUT2D eigenvalue weighted by molar-refractivity contribution is 7.22. The van der Waals surface area contributed by atoms with Crippen molar-refractivity contribution in [1.82, 2.24) is 19.9 Å². The fourth-order valence-corrected chi connectivity index (χ4v) is 6.46. The molecular weight excluding hydrogens is 539 g/mol. The Labute approximate surface area is 222 Å². The number of rotatable bonds is 4. The zero-order valence-electron chi connectivity index (χ0n) is 20.5. The van der Waals surface area contributed by atoms with E-state index in [9.17, 15) is 22.4 Å². The van der Waals surface area contributed by atoms with Crippen LogP contribution < -0.4 is 10.6 Å². The summed E-state index contributed by atoms with van der Waals surface area (Å²) in [6.45, 7) is 4.37. The summed E-state index contributed by atoms with van der Waals surface area (Å²) in [5.74, 6) is -2.07. The average Bonchev–Trinajstić information content (AvgIpc) is 3.39. The molecule has 2 fully saturated rings. The van der Waals surface area contributed by atoms with Crippen LogP contribution in [0.15, 0.2) is 37.2 Å². The third kappa shape index (κ3) is 3.89. The first-order chi connectivity index (χ1) is 18.4. The van der Waals surface area contributed by atoms with Gasteiger partial charge in [0.25, 0.3) is 0 Å². The van der Waals surface area contributed by atoms with Crippen LogP contribution in [0.5, 0.6) is 0 Å². The molecule has 1 aliphatic carbocycles. The topological polar surface area (TPSA) is 88.2 Å². The molecule has 1 spiro atoms. The van der Waals surface area contributed by atoms with Crippen LogP contribution in [0.2, 0.25) is 0 Å². The summed E-state index contributed by atoms with van der Waals surface area (Å²) in [7, 11) is 1.68. The van der Waals surface area contributed by atoms with Crippen LogP contribution in [-0.2, 0) is 11.0 Å². The number of carbonyl (C=O) groups is 1. The van der Waals surface area contributed by atoms with Crippen LogP contribution in [0, 0.1) is 17.0 Å². The predicted molar refractivity (Wildman–Crippen MR) is 138 cm³/mol. The Hall–Kier alpha value is -3.87. The molecule has 4 aromatic rings. The lowest BCUT2D eigenvalue weighted by atomic mass is 9.94. The first-order valence-electron chi connectivity index (χ1n) is 12.0. The minimum absolute atomic E-state index is 0.0631. The van der Waals surface area contributed by atoms with Gasteiger partial charge < -0.3 is 15.5 Å². The van der Waals surface area contributed by atoms with Crippen molar-refractivity contribution >= 4 is 49.3 Å². The molecule has 3 heterocycles. The lowest BCUT2D eigenvalue weighted by Crippen LogP contribution is -2.40. The molecule has 13 heteroatoms. The van der Waals surface area contributed by atoms with Crippen LogP contribution in [0.25, 0.3) is 32.2 Å². The van der Waals surface area contributed by atoms with E-state index < -0.39 is 28.9 Å². The fourth-order valence-electron chi connectivity index (χ4n) is 5.69. The van der Waals surface area contributed by atoms with E-state index in [0.717, 1.165) is 48.7 Å². The Balaban J connectivity index is 1.55. The first kappa shape index (κ1) is 25.4. The number of carbonyl (C=O) groups excluding carboxylic acids is 1. The van der Waals surface area contributed by atoms with Crippen LogP contribution in [-0.4, -0.2) is 51.9 Å². The Kier molecular flexibility index (Phi) is 5.58. The fraction of sp³-hybridized carbons (Fsp3) is 0.308.